The standard InChI is InChI=1S/C27H29FN6O3/c1-27(2,3)37-26(35)33-14-6-7-18(15-33)34-25-22(24(29)30-16-31-25)23(32-34)17-10-12-19(13-11-17)36-21-9-5-4-8-20(21)28/h4-5,8-13,16,18H,6-7,14-15H2,1-3H3,(H2,29,30,31)/t18-/m1/s1. The van der Waals surface area contributed by atoms with Gasteiger partial charge in [0.05, 0.1) is 11.4 Å². The predicted molar refractivity (Wildman–Crippen MR) is 138 cm³/mol. The van der Waals surface area contributed by atoms with Gasteiger partial charge in [0.1, 0.15) is 29.2 Å². The highest BCUT2D eigenvalue weighted by atomic mass is 19.1. The highest BCUT2D eigenvalue weighted by molar-refractivity contribution is 5.98. The normalized spacial score (nSPS) is 16.1. The van der Waals surface area contributed by atoms with Crippen LogP contribution in [0.15, 0.2) is 54.9 Å². The number of likely N-dealkylation sites (tertiary alicyclic amines) is 1. The fourth-order valence-corrected chi connectivity index (χ4v) is 4.43. The largest absolute Gasteiger partial charge is 0.454 e. The number of carbonyl (C=O) groups is 1. The molecule has 1 aliphatic rings. The van der Waals surface area contributed by atoms with Crippen molar-refractivity contribution in [1.29, 1.82) is 0 Å². The fraction of sp³-hybridized carbons (Fsp3) is 0.333. The van der Waals surface area contributed by atoms with Crippen LogP contribution in [0, 0.1) is 5.82 Å². The maximum atomic E-state index is 14.0. The van der Waals surface area contributed by atoms with Crippen molar-refractivity contribution in [3.8, 4) is 22.8 Å². The van der Waals surface area contributed by atoms with Gasteiger partial charge in [-0.25, -0.2) is 23.8 Å². The lowest BCUT2D eigenvalue weighted by molar-refractivity contribution is 0.0169. The first-order valence-corrected chi connectivity index (χ1v) is 12.2. The molecule has 37 heavy (non-hydrogen) atoms. The van der Waals surface area contributed by atoms with Gasteiger partial charge in [0, 0.05) is 18.7 Å². The van der Waals surface area contributed by atoms with Crippen molar-refractivity contribution < 1.29 is 18.7 Å². The lowest BCUT2D eigenvalue weighted by Gasteiger charge is -2.34. The number of amides is 1. The number of fused-ring (bicyclic) bond motifs is 1. The van der Waals surface area contributed by atoms with Crippen LogP contribution in [0.25, 0.3) is 22.3 Å². The zero-order chi connectivity index (χ0) is 26.2. The van der Waals surface area contributed by atoms with E-state index in [4.69, 9.17) is 20.3 Å². The number of nitrogens with zero attached hydrogens (tertiary/aromatic N) is 5. The van der Waals surface area contributed by atoms with Gasteiger partial charge in [0.25, 0.3) is 0 Å². The molecule has 10 heteroatoms. The molecule has 5 rings (SSSR count). The van der Waals surface area contributed by atoms with Gasteiger partial charge < -0.3 is 20.1 Å². The molecule has 4 aromatic rings. The first-order chi connectivity index (χ1) is 17.7. The summed E-state index contributed by atoms with van der Waals surface area (Å²) in [5.74, 6) is 0.517. The van der Waals surface area contributed by atoms with E-state index in [1.54, 1.807) is 35.2 Å². The summed E-state index contributed by atoms with van der Waals surface area (Å²) in [4.78, 5) is 23.1. The molecule has 0 saturated carbocycles. The van der Waals surface area contributed by atoms with E-state index >= 15 is 0 Å². The van der Waals surface area contributed by atoms with E-state index in [0.29, 0.717) is 41.4 Å². The highest BCUT2D eigenvalue weighted by Gasteiger charge is 2.31. The molecule has 1 amide bonds. The smallest absolute Gasteiger partial charge is 0.410 e. The van der Waals surface area contributed by atoms with Gasteiger partial charge in [-0.05, 0) is 70.0 Å². The molecule has 2 aromatic carbocycles. The third-order valence-electron chi connectivity index (χ3n) is 6.10. The number of piperidine rings is 1. The van der Waals surface area contributed by atoms with Crippen molar-refractivity contribution in [2.75, 3.05) is 18.8 Å². The summed E-state index contributed by atoms with van der Waals surface area (Å²) in [6.07, 6.45) is 2.71. The van der Waals surface area contributed by atoms with E-state index < -0.39 is 11.4 Å². The number of aromatic nitrogens is 4. The number of benzene rings is 2. The average molecular weight is 505 g/mol. The number of para-hydroxylation sites is 1. The molecule has 9 nitrogen and oxygen atoms in total. The molecule has 192 valence electrons. The van der Waals surface area contributed by atoms with Crippen molar-refractivity contribution in [2.24, 2.45) is 0 Å². The van der Waals surface area contributed by atoms with Crippen LogP contribution in [0.4, 0.5) is 15.0 Å². The lowest BCUT2D eigenvalue weighted by atomic mass is 10.1. The van der Waals surface area contributed by atoms with Gasteiger partial charge in [0.15, 0.2) is 17.2 Å². The van der Waals surface area contributed by atoms with E-state index in [-0.39, 0.29) is 17.9 Å². The molecule has 0 radical (unpaired) electrons. The Kier molecular flexibility index (Phi) is 6.41. The Balaban J connectivity index is 1.45. The van der Waals surface area contributed by atoms with E-state index in [1.165, 1.54) is 12.4 Å². The Morgan fingerprint density at radius 1 is 1.11 bits per heavy atom. The summed E-state index contributed by atoms with van der Waals surface area (Å²) in [7, 11) is 0. The lowest BCUT2D eigenvalue weighted by Crippen LogP contribution is -2.43. The summed E-state index contributed by atoms with van der Waals surface area (Å²) in [6.45, 7) is 6.63. The molecule has 1 atom stereocenters. The predicted octanol–water partition coefficient (Wildman–Crippen LogP) is 5.58. The molecular formula is C27H29FN6O3. The van der Waals surface area contributed by atoms with E-state index in [2.05, 4.69) is 9.97 Å². The van der Waals surface area contributed by atoms with Gasteiger partial charge in [-0.2, -0.15) is 5.10 Å². The average Bonchev–Trinajstić information content (AvgIpc) is 3.26. The van der Waals surface area contributed by atoms with Crippen molar-refractivity contribution in [3.63, 3.8) is 0 Å². The van der Waals surface area contributed by atoms with Gasteiger partial charge in [-0.15, -0.1) is 0 Å². The molecule has 0 bridgehead atoms. The first kappa shape index (κ1) is 24.5. The molecule has 0 aliphatic carbocycles. The first-order valence-electron chi connectivity index (χ1n) is 12.2. The molecular weight excluding hydrogens is 475 g/mol. The highest BCUT2D eigenvalue weighted by Crippen LogP contribution is 2.35. The van der Waals surface area contributed by atoms with Crippen LogP contribution in [0.2, 0.25) is 0 Å². The van der Waals surface area contributed by atoms with Crippen molar-refractivity contribution in [1.82, 2.24) is 24.6 Å². The number of nitrogen functional groups attached to an aromatic ring is 1. The van der Waals surface area contributed by atoms with Crippen LogP contribution in [0.3, 0.4) is 0 Å². The molecule has 2 aromatic heterocycles. The van der Waals surface area contributed by atoms with Gasteiger partial charge in [-0.3, -0.25) is 0 Å². The Hall–Kier alpha value is -4.21. The van der Waals surface area contributed by atoms with Crippen molar-refractivity contribution in [3.05, 3.63) is 60.7 Å². The van der Waals surface area contributed by atoms with Gasteiger partial charge in [0.2, 0.25) is 0 Å². The molecule has 1 saturated heterocycles. The van der Waals surface area contributed by atoms with Crippen LogP contribution in [-0.4, -0.2) is 49.4 Å². The zero-order valence-electron chi connectivity index (χ0n) is 21.0. The van der Waals surface area contributed by atoms with Crippen LogP contribution in [0.1, 0.15) is 39.7 Å². The third kappa shape index (κ3) is 5.18. The Bertz CT molecular complexity index is 1430. The monoisotopic (exact) mass is 504 g/mol. The number of nitrogens with two attached hydrogens (primary N) is 1. The SMILES string of the molecule is CC(C)(C)OC(=O)N1CCC[C@@H](n2nc(-c3ccc(Oc4ccccc4F)cc3)c3c(N)ncnc32)C1. The van der Waals surface area contributed by atoms with Gasteiger partial charge >= 0.3 is 6.09 Å². The van der Waals surface area contributed by atoms with Crippen LogP contribution in [0.5, 0.6) is 11.5 Å². The van der Waals surface area contributed by atoms with E-state index in [0.717, 1.165) is 18.4 Å². The van der Waals surface area contributed by atoms with Crippen LogP contribution in [-0.2, 0) is 4.74 Å². The second-order valence-corrected chi connectivity index (χ2v) is 10.0. The van der Waals surface area contributed by atoms with Crippen molar-refractivity contribution in [2.45, 2.75) is 45.3 Å². The molecule has 0 spiro atoms. The molecule has 1 aliphatic heterocycles. The Morgan fingerprint density at radius 2 is 1.86 bits per heavy atom. The van der Waals surface area contributed by atoms with Gasteiger partial charge in [-0.1, -0.05) is 12.1 Å². The third-order valence-corrected chi connectivity index (χ3v) is 6.10. The second-order valence-electron chi connectivity index (χ2n) is 10.0. The second kappa shape index (κ2) is 9.68. The molecule has 1 fully saturated rings. The summed E-state index contributed by atoms with van der Waals surface area (Å²) in [5.41, 5.74) is 7.72. The number of carbonyl (C=O) groups excluding carboxylic acids is 1. The number of hydrogen-bond acceptors (Lipinski definition) is 7. The summed E-state index contributed by atoms with van der Waals surface area (Å²) in [6, 6.07) is 13.3. The summed E-state index contributed by atoms with van der Waals surface area (Å²) >= 11 is 0. The maximum absolute atomic E-state index is 14.0. The van der Waals surface area contributed by atoms with E-state index in [9.17, 15) is 9.18 Å². The number of hydrogen-bond donors (Lipinski definition) is 1. The fourth-order valence-electron chi connectivity index (χ4n) is 4.43. The minimum absolute atomic E-state index is 0.101. The number of anilines is 1. The molecule has 2 N–H and O–H groups in total. The summed E-state index contributed by atoms with van der Waals surface area (Å²) < 4.78 is 27.1. The van der Waals surface area contributed by atoms with Crippen LogP contribution >= 0.6 is 0 Å². The Labute approximate surface area is 214 Å². The number of ether oxygens (including phenoxy) is 2. The number of rotatable bonds is 4. The minimum atomic E-state index is -0.570. The summed E-state index contributed by atoms with van der Waals surface area (Å²) in [5, 5.41) is 5.53. The maximum Gasteiger partial charge on any atom is 0.410 e. The van der Waals surface area contributed by atoms with E-state index in [1.807, 2.05) is 37.6 Å². The zero-order valence-corrected chi connectivity index (χ0v) is 21.0. The number of halogens is 1. The van der Waals surface area contributed by atoms with Crippen LogP contribution < -0.4 is 10.5 Å². The van der Waals surface area contributed by atoms with Crippen molar-refractivity contribution >= 4 is 22.9 Å². The molecule has 0 unspecified atom stereocenters. The topological polar surface area (TPSA) is 108 Å². The molecule has 3 heterocycles. The Morgan fingerprint density at radius 3 is 2.59 bits per heavy atom. The minimum Gasteiger partial charge on any atom is -0.454 e. The quantitative estimate of drug-likeness (QED) is 0.386.